The van der Waals surface area contributed by atoms with E-state index in [4.69, 9.17) is 18.3 Å². The van der Waals surface area contributed by atoms with Crippen molar-refractivity contribution in [3.63, 3.8) is 0 Å². The van der Waals surface area contributed by atoms with Gasteiger partial charge in [0.05, 0.1) is 38.7 Å². The maximum atomic E-state index is 12.5. The largest absolute Gasteiger partial charge is 0.486 e. The van der Waals surface area contributed by atoms with Crippen molar-refractivity contribution in [2.24, 2.45) is 0 Å². The van der Waals surface area contributed by atoms with Gasteiger partial charge >= 0.3 is 0 Å². The first-order valence-electron chi connectivity index (χ1n) is 9.18. The minimum absolute atomic E-state index is 0.0967. The molecular formula is C21H22N2O5. The summed E-state index contributed by atoms with van der Waals surface area (Å²) in [5.41, 5.74) is 0. The molecule has 2 aromatic heterocycles. The van der Waals surface area contributed by atoms with Crippen LogP contribution in [0.1, 0.15) is 11.5 Å². The van der Waals surface area contributed by atoms with Crippen LogP contribution in [-0.2, 0) is 17.9 Å². The fraction of sp³-hybridized carbons (Fsp3) is 0.286. The number of rotatable bonds is 8. The highest BCUT2D eigenvalue weighted by Gasteiger charge is 2.22. The Bertz CT molecular complexity index is 840. The second kappa shape index (κ2) is 8.67. The lowest BCUT2D eigenvalue weighted by molar-refractivity contribution is -0.123. The third-order valence-electron chi connectivity index (χ3n) is 4.38. The first-order chi connectivity index (χ1) is 13.8. The van der Waals surface area contributed by atoms with E-state index in [1.54, 1.807) is 12.5 Å². The first kappa shape index (κ1) is 18.2. The van der Waals surface area contributed by atoms with Crippen LogP contribution in [0.5, 0.6) is 11.5 Å². The van der Waals surface area contributed by atoms with Crippen molar-refractivity contribution in [2.75, 3.05) is 19.7 Å². The molecule has 1 amide bonds. The fourth-order valence-corrected chi connectivity index (χ4v) is 3.06. The minimum atomic E-state index is -0.220. The van der Waals surface area contributed by atoms with Crippen molar-refractivity contribution in [1.82, 2.24) is 10.2 Å². The standard InChI is InChI=1S/C21H22N2O5/c24-21(22-11-18-15-27-19-7-1-2-8-20(19)28-18)14-23(12-16-5-3-9-25-16)13-17-6-4-10-26-17/h1-10,18H,11-15H2,(H,22,24). The molecule has 1 aliphatic heterocycles. The van der Waals surface area contributed by atoms with Gasteiger partial charge in [-0.05, 0) is 36.4 Å². The molecule has 1 atom stereocenters. The Morgan fingerprint density at radius 2 is 1.64 bits per heavy atom. The number of nitrogens with one attached hydrogen (secondary N) is 1. The second-order valence-corrected chi connectivity index (χ2v) is 6.61. The summed E-state index contributed by atoms with van der Waals surface area (Å²) < 4.78 is 22.4. The zero-order valence-electron chi connectivity index (χ0n) is 15.4. The number of para-hydroxylation sites is 2. The quantitative estimate of drug-likeness (QED) is 0.646. The molecule has 3 aromatic rings. The predicted molar refractivity (Wildman–Crippen MR) is 101 cm³/mol. The summed E-state index contributed by atoms with van der Waals surface area (Å²) in [4.78, 5) is 14.4. The van der Waals surface area contributed by atoms with Crippen molar-refractivity contribution < 1.29 is 23.1 Å². The maximum Gasteiger partial charge on any atom is 0.234 e. The Balaban J connectivity index is 1.30. The molecule has 0 saturated heterocycles. The zero-order chi connectivity index (χ0) is 19.2. The number of ether oxygens (including phenoxy) is 2. The van der Waals surface area contributed by atoms with Crippen LogP contribution in [0.25, 0.3) is 0 Å². The van der Waals surface area contributed by atoms with Crippen LogP contribution in [0.15, 0.2) is 69.9 Å². The average Bonchev–Trinajstić information content (AvgIpc) is 3.40. The second-order valence-electron chi connectivity index (χ2n) is 6.61. The summed E-state index contributed by atoms with van der Waals surface area (Å²) in [6.07, 6.45) is 3.03. The van der Waals surface area contributed by atoms with Crippen LogP contribution in [0.4, 0.5) is 0 Å². The average molecular weight is 382 g/mol. The van der Waals surface area contributed by atoms with E-state index < -0.39 is 0 Å². The highest BCUT2D eigenvalue weighted by Crippen LogP contribution is 2.30. The molecule has 7 heteroatoms. The van der Waals surface area contributed by atoms with Crippen LogP contribution in [0.2, 0.25) is 0 Å². The molecule has 1 aromatic carbocycles. The first-order valence-corrected chi connectivity index (χ1v) is 9.18. The van der Waals surface area contributed by atoms with Gasteiger partial charge in [0.1, 0.15) is 24.2 Å². The molecule has 28 heavy (non-hydrogen) atoms. The van der Waals surface area contributed by atoms with E-state index in [-0.39, 0.29) is 18.6 Å². The fourth-order valence-electron chi connectivity index (χ4n) is 3.06. The van der Waals surface area contributed by atoms with Crippen molar-refractivity contribution >= 4 is 5.91 Å². The van der Waals surface area contributed by atoms with Crippen LogP contribution >= 0.6 is 0 Å². The molecule has 0 fully saturated rings. The Morgan fingerprint density at radius 3 is 2.29 bits per heavy atom. The molecule has 4 rings (SSSR count). The monoisotopic (exact) mass is 382 g/mol. The third kappa shape index (κ3) is 4.75. The summed E-state index contributed by atoms with van der Waals surface area (Å²) in [5.74, 6) is 2.92. The Labute approximate surface area is 162 Å². The molecule has 7 nitrogen and oxygen atoms in total. The van der Waals surface area contributed by atoms with Gasteiger partial charge in [0, 0.05) is 0 Å². The molecule has 0 spiro atoms. The number of furan rings is 2. The lowest BCUT2D eigenvalue weighted by atomic mass is 10.2. The zero-order valence-corrected chi connectivity index (χ0v) is 15.4. The lowest BCUT2D eigenvalue weighted by Crippen LogP contribution is -2.44. The molecule has 1 aliphatic rings. The number of hydrogen-bond donors (Lipinski definition) is 1. The summed E-state index contributed by atoms with van der Waals surface area (Å²) >= 11 is 0. The van der Waals surface area contributed by atoms with Crippen molar-refractivity contribution in [1.29, 1.82) is 0 Å². The van der Waals surface area contributed by atoms with E-state index in [1.807, 2.05) is 53.4 Å². The molecule has 0 radical (unpaired) electrons. The maximum absolute atomic E-state index is 12.5. The molecule has 146 valence electrons. The normalized spacial score (nSPS) is 15.5. The number of nitrogens with zero attached hydrogens (tertiary/aromatic N) is 1. The van der Waals surface area contributed by atoms with Gasteiger partial charge in [-0.1, -0.05) is 12.1 Å². The number of amides is 1. The Hall–Kier alpha value is -3.19. The highest BCUT2D eigenvalue weighted by molar-refractivity contribution is 5.78. The smallest absolute Gasteiger partial charge is 0.234 e. The van der Waals surface area contributed by atoms with Crippen molar-refractivity contribution in [3.05, 3.63) is 72.6 Å². The van der Waals surface area contributed by atoms with Gasteiger partial charge < -0.3 is 23.6 Å². The molecule has 0 bridgehead atoms. The number of carbonyl (C=O) groups excluding carboxylic acids is 1. The van der Waals surface area contributed by atoms with E-state index in [9.17, 15) is 4.79 Å². The van der Waals surface area contributed by atoms with Gasteiger partial charge in [-0.25, -0.2) is 0 Å². The van der Waals surface area contributed by atoms with E-state index in [1.165, 1.54) is 0 Å². The number of fused-ring (bicyclic) bond motifs is 1. The van der Waals surface area contributed by atoms with E-state index in [0.717, 1.165) is 17.3 Å². The Kier molecular flexibility index (Phi) is 5.63. The SMILES string of the molecule is O=C(CN(Cc1ccco1)Cc1ccco1)NCC1COc2ccccc2O1. The summed E-state index contributed by atoms with van der Waals surface area (Å²) in [6, 6.07) is 15.0. The van der Waals surface area contributed by atoms with E-state index in [0.29, 0.717) is 32.0 Å². The molecule has 1 unspecified atom stereocenters. The number of benzene rings is 1. The van der Waals surface area contributed by atoms with Crippen LogP contribution in [-0.4, -0.2) is 36.6 Å². The van der Waals surface area contributed by atoms with Gasteiger partial charge in [0.25, 0.3) is 0 Å². The van der Waals surface area contributed by atoms with Crippen LogP contribution < -0.4 is 14.8 Å². The highest BCUT2D eigenvalue weighted by atomic mass is 16.6. The van der Waals surface area contributed by atoms with Crippen molar-refractivity contribution in [2.45, 2.75) is 19.2 Å². The third-order valence-corrected chi connectivity index (χ3v) is 4.38. The van der Waals surface area contributed by atoms with Crippen molar-refractivity contribution in [3.8, 4) is 11.5 Å². The van der Waals surface area contributed by atoms with Gasteiger partial charge in [0.2, 0.25) is 5.91 Å². The predicted octanol–water partition coefficient (Wildman–Crippen LogP) is 2.83. The topological polar surface area (TPSA) is 77.1 Å². The number of carbonyl (C=O) groups is 1. The molecular weight excluding hydrogens is 360 g/mol. The van der Waals surface area contributed by atoms with E-state index >= 15 is 0 Å². The molecule has 0 saturated carbocycles. The van der Waals surface area contributed by atoms with Gasteiger partial charge in [-0.15, -0.1) is 0 Å². The van der Waals surface area contributed by atoms with Gasteiger partial charge in [-0.2, -0.15) is 0 Å². The summed E-state index contributed by atoms with van der Waals surface area (Å²) in [7, 11) is 0. The Morgan fingerprint density at radius 1 is 0.964 bits per heavy atom. The van der Waals surface area contributed by atoms with Gasteiger partial charge in [0.15, 0.2) is 11.5 Å². The molecule has 3 heterocycles. The molecule has 1 N–H and O–H groups in total. The lowest BCUT2D eigenvalue weighted by Gasteiger charge is -2.27. The minimum Gasteiger partial charge on any atom is -0.486 e. The summed E-state index contributed by atoms with van der Waals surface area (Å²) in [6.45, 7) is 2.02. The van der Waals surface area contributed by atoms with E-state index in [2.05, 4.69) is 5.32 Å². The van der Waals surface area contributed by atoms with Crippen LogP contribution in [0.3, 0.4) is 0 Å². The molecule has 0 aliphatic carbocycles. The van der Waals surface area contributed by atoms with Crippen LogP contribution in [0, 0.1) is 0 Å². The summed E-state index contributed by atoms with van der Waals surface area (Å²) in [5, 5.41) is 2.93. The number of hydrogen-bond acceptors (Lipinski definition) is 6. The van der Waals surface area contributed by atoms with Gasteiger partial charge in [-0.3, -0.25) is 9.69 Å².